The number of amides is 1. The molecule has 0 radical (unpaired) electrons. The fourth-order valence-electron chi connectivity index (χ4n) is 4.12. The molecule has 0 aliphatic carbocycles. The lowest BCUT2D eigenvalue weighted by Crippen LogP contribution is -2.44. The molecular weight excluding hydrogens is 374 g/mol. The quantitative estimate of drug-likeness (QED) is 0.851. The van der Waals surface area contributed by atoms with Crippen LogP contribution in [-0.2, 0) is 4.79 Å². The summed E-state index contributed by atoms with van der Waals surface area (Å²) in [4.78, 5) is 40.9. The molecule has 0 atom stereocenters. The molecule has 1 N–H and O–H groups in total. The van der Waals surface area contributed by atoms with Crippen molar-refractivity contribution in [1.82, 2.24) is 24.8 Å². The fraction of sp³-hybridized carbons (Fsp3) is 0.600. The van der Waals surface area contributed by atoms with Crippen LogP contribution in [0.15, 0.2) is 22.4 Å². The number of carbonyl (C=O) groups is 1. The van der Waals surface area contributed by atoms with E-state index in [0.29, 0.717) is 12.2 Å². The third kappa shape index (κ3) is 4.67. The molecule has 0 unspecified atom stereocenters. The van der Waals surface area contributed by atoms with Crippen LogP contribution in [0.3, 0.4) is 0 Å². The predicted octanol–water partition coefficient (Wildman–Crippen LogP) is 2.48. The van der Waals surface area contributed by atoms with E-state index in [4.69, 9.17) is 0 Å². The van der Waals surface area contributed by atoms with Gasteiger partial charge in [0.25, 0.3) is 5.56 Å². The summed E-state index contributed by atoms with van der Waals surface area (Å²) in [6, 6.07) is 1.50. The average Bonchev–Trinajstić information content (AvgIpc) is 3.13. The first kappa shape index (κ1) is 19.3. The molecule has 150 valence electrons. The number of hydrogen-bond acceptors (Lipinski definition) is 6. The first-order valence-electron chi connectivity index (χ1n) is 10.2. The molecule has 0 aromatic carbocycles. The van der Waals surface area contributed by atoms with Crippen molar-refractivity contribution >= 4 is 17.2 Å². The van der Waals surface area contributed by atoms with E-state index in [9.17, 15) is 9.59 Å². The van der Waals surface area contributed by atoms with Crippen LogP contribution in [-0.4, -0.2) is 63.4 Å². The van der Waals surface area contributed by atoms with Crippen molar-refractivity contribution in [3.63, 3.8) is 0 Å². The molecule has 2 aromatic rings. The van der Waals surface area contributed by atoms with Gasteiger partial charge in [0.05, 0.1) is 6.54 Å². The SMILES string of the molecule is O=C(CN1CCCCCC1)N1CCC(c2nc(-c3nccs3)cc(=O)[nH]2)CC1. The van der Waals surface area contributed by atoms with Gasteiger partial charge in [0.2, 0.25) is 5.91 Å². The number of aromatic nitrogens is 3. The van der Waals surface area contributed by atoms with Crippen molar-refractivity contribution in [1.29, 1.82) is 0 Å². The molecule has 8 heteroatoms. The number of aromatic amines is 1. The van der Waals surface area contributed by atoms with Crippen molar-refractivity contribution in [2.75, 3.05) is 32.7 Å². The van der Waals surface area contributed by atoms with Gasteiger partial charge in [-0.15, -0.1) is 11.3 Å². The van der Waals surface area contributed by atoms with Gasteiger partial charge in [-0.3, -0.25) is 14.5 Å². The number of nitrogens with one attached hydrogen (secondary N) is 1. The highest BCUT2D eigenvalue weighted by Crippen LogP contribution is 2.27. The molecule has 2 fully saturated rings. The molecule has 2 saturated heterocycles. The first-order chi connectivity index (χ1) is 13.7. The number of likely N-dealkylation sites (tertiary alicyclic amines) is 2. The van der Waals surface area contributed by atoms with Crippen LogP contribution in [0.25, 0.3) is 10.7 Å². The Balaban J connectivity index is 1.36. The van der Waals surface area contributed by atoms with Crippen molar-refractivity contribution in [2.24, 2.45) is 0 Å². The van der Waals surface area contributed by atoms with E-state index in [2.05, 4.69) is 19.9 Å². The fourth-order valence-corrected chi connectivity index (χ4v) is 4.71. The van der Waals surface area contributed by atoms with Gasteiger partial charge in [-0.1, -0.05) is 12.8 Å². The molecule has 28 heavy (non-hydrogen) atoms. The van der Waals surface area contributed by atoms with E-state index in [-0.39, 0.29) is 17.4 Å². The van der Waals surface area contributed by atoms with E-state index >= 15 is 0 Å². The van der Waals surface area contributed by atoms with E-state index in [0.717, 1.165) is 49.9 Å². The Morgan fingerprint density at radius 1 is 1.14 bits per heavy atom. The zero-order valence-corrected chi connectivity index (χ0v) is 16.9. The average molecular weight is 402 g/mol. The first-order valence-corrected chi connectivity index (χ1v) is 11.1. The number of H-pyrrole nitrogens is 1. The molecular formula is C20H27N5O2S. The Bertz CT molecular complexity index is 835. The summed E-state index contributed by atoms with van der Waals surface area (Å²) in [5.74, 6) is 1.13. The Morgan fingerprint density at radius 3 is 2.57 bits per heavy atom. The van der Waals surface area contributed by atoms with Gasteiger partial charge >= 0.3 is 0 Å². The predicted molar refractivity (Wildman–Crippen MR) is 109 cm³/mol. The van der Waals surface area contributed by atoms with Crippen molar-refractivity contribution in [3.8, 4) is 10.7 Å². The molecule has 0 saturated carbocycles. The van der Waals surface area contributed by atoms with Gasteiger partial charge in [0.1, 0.15) is 16.5 Å². The smallest absolute Gasteiger partial charge is 0.251 e. The lowest BCUT2D eigenvalue weighted by Gasteiger charge is -2.33. The molecule has 4 rings (SSSR count). The topological polar surface area (TPSA) is 82.2 Å². The summed E-state index contributed by atoms with van der Waals surface area (Å²) in [7, 11) is 0. The van der Waals surface area contributed by atoms with Crippen LogP contribution < -0.4 is 5.56 Å². The normalized spacial score (nSPS) is 19.5. The second-order valence-corrected chi connectivity index (χ2v) is 8.59. The molecule has 2 aliphatic heterocycles. The van der Waals surface area contributed by atoms with E-state index in [1.807, 2.05) is 10.3 Å². The maximum absolute atomic E-state index is 12.7. The van der Waals surface area contributed by atoms with E-state index in [1.54, 1.807) is 6.20 Å². The van der Waals surface area contributed by atoms with Crippen LogP contribution in [0, 0.1) is 0 Å². The summed E-state index contributed by atoms with van der Waals surface area (Å²) in [6.07, 6.45) is 8.33. The summed E-state index contributed by atoms with van der Waals surface area (Å²) in [5.41, 5.74) is 0.489. The summed E-state index contributed by atoms with van der Waals surface area (Å²) < 4.78 is 0. The number of piperidine rings is 1. The maximum atomic E-state index is 12.7. The van der Waals surface area contributed by atoms with Crippen molar-refractivity contribution in [2.45, 2.75) is 44.4 Å². The number of carbonyl (C=O) groups excluding carboxylic acids is 1. The standard InChI is InChI=1S/C20H27N5O2S/c26-17-13-16(20-21-7-12-28-20)22-19(23-17)15-5-10-25(11-6-15)18(27)14-24-8-3-1-2-4-9-24/h7,12-13,15H,1-6,8-11,14H2,(H,22,23,26). The third-order valence-electron chi connectivity index (χ3n) is 5.70. The van der Waals surface area contributed by atoms with E-state index < -0.39 is 0 Å². The molecule has 1 amide bonds. The number of nitrogens with zero attached hydrogens (tertiary/aromatic N) is 4. The highest BCUT2D eigenvalue weighted by molar-refractivity contribution is 7.13. The monoisotopic (exact) mass is 401 g/mol. The van der Waals surface area contributed by atoms with Gasteiger partial charge in [0.15, 0.2) is 0 Å². The van der Waals surface area contributed by atoms with Gasteiger partial charge < -0.3 is 9.88 Å². The third-order valence-corrected chi connectivity index (χ3v) is 6.50. The van der Waals surface area contributed by atoms with Gasteiger partial charge in [-0.25, -0.2) is 9.97 Å². The summed E-state index contributed by atoms with van der Waals surface area (Å²) in [5, 5.41) is 2.64. The van der Waals surface area contributed by atoms with Crippen molar-refractivity contribution < 1.29 is 4.79 Å². The second-order valence-electron chi connectivity index (χ2n) is 7.70. The van der Waals surface area contributed by atoms with Gasteiger partial charge in [0, 0.05) is 36.7 Å². The number of hydrogen-bond donors (Lipinski definition) is 1. The largest absolute Gasteiger partial charge is 0.342 e. The molecule has 2 aliphatic rings. The van der Waals surface area contributed by atoms with Gasteiger partial charge in [-0.2, -0.15) is 0 Å². The van der Waals surface area contributed by atoms with Gasteiger partial charge in [-0.05, 0) is 38.8 Å². The number of rotatable bonds is 4. The highest BCUT2D eigenvalue weighted by atomic mass is 32.1. The van der Waals surface area contributed by atoms with Crippen LogP contribution in [0.2, 0.25) is 0 Å². The molecule has 4 heterocycles. The zero-order valence-electron chi connectivity index (χ0n) is 16.1. The minimum Gasteiger partial charge on any atom is -0.342 e. The van der Waals surface area contributed by atoms with Crippen LogP contribution in [0.4, 0.5) is 0 Å². The Kier molecular flexibility index (Phi) is 6.17. The number of thiazole rings is 1. The minimum absolute atomic E-state index is 0.144. The zero-order chi connectivity index (χ0) is 19.3. The van der Waals surface area contributed by atoms with Crippen LogP contribution in [0.5, 0.6) is 0 Å². The highest BCUT2D eigenvalue weighted by Gasteiger charge is 2.26. The molecule has 0 spiro atoms. The lowest BCUT2D eigenvalue weighted by atomic mass is 9.95. The van der Waals surface area contributed by atoms with Crippen molar-refractivity contribution in [3.05, 3.63) is 33.8 Å². The Morgan fingerprint density at radius 2 is 1.89 bits per heavy atom. The second kappa shape index (κ2) is 8.96. The summed E-state index contributed by atoms with van der Waals surface area (Å²) >= 11 is 1.48. The Labute approximate surface area is 168 Å². The molecule has 7 nitrogen and oxygen atoms in total. The van der Waals surface area contributed by atoms with Crippen LogP contribution in [0.1, 0.15) is 50.3 Å². The lowest BCUT2D eigenvalue weighted by molar-refractivity contribution is -0.133. The van der Waals surface area contributed by atoms with E-state index in [1.165, 1.54) is 43.1 Å². The molecule has 0 bridgehead atoms. The minimum atomic E-state index is -0.144. The summed E-state index contributed by atoms with van der Waals surface area (Å²) in [6.45, 7) is 4.07. The van der Waals surface area contributed by atoms with Crippen LogP contribution >= 0.6 is 11.3 Å². The molecule has 2 aromatic heterocycles. The maximum Gasteiger partial charge on any atom is 0.251 e. The Hall–Kier alpha value is -2.06.